The van der Waals surface area contributed by atoms with Gasteiger partial charge in [0.15, 0.2) is 0 Å². The molecule has 0 aromatic rings. The molecule has 0 aromatic heterocycles. The number of carbonyl (C=O) groups is 2. The molecular weight excluding hydrogens is 240 g/mol. The number of nitro groups is 1. The fourth-order valence-corrected chi connectivity index (χ4v) is 1.87. The van der Waals surface area contributed by atoms with Crippen LogP contribution in [0.5, 0.6) is 0 Å². The molecule has 0 bridgehead atoms. The van der Waals surface area contributed by atoms with Crippen LogP contribution in [0, 0.1) is 10.1 Å². The number of hydrogen-bond acceptors (Lipinski definition) is 5. The van der Waals surface area contributed by atoms with Crippen LogP contribution in [-0.4, -0.2) is 46.4 Å². The normalized spacial score (nSPS) is 19.7. The van der Waals surface area contributed by atoms with Gasteiger partial charge in [0.05, 0.1) is 0 Å². The predicted octanol–water partition coefficient (Wildman–Crippen LogP) is 1.23. The van der Waals surface area contributed by atoms with Crippen molar-refractivity contribution >= 4 is 11.9 Å². The standard InChI is InChI=1S/C11H18N2O5/c1-11(2,3)18-10(15)12-6-4-5-8(12)9(14)7-13(16)17/h8H,4-7H2,1-3H3/t8-/m0/s1. The molecule has 7 nitrogen and oxygen atoms in total. The monoisotopic (exact) mass is 258 g/mol. The molecule has 1 rings (SSSR count). The van der Waals surface area contributed by atoms with Crippen molar-refractivity contribution < 1.29 is 19.2 Å². The number of ketones is 1. The second-order valence-corrected chi connectivity index (χ2v) is 5.29. The van der Waals surface area contributed by atoms with E-state index in [9.17, 15) is 19.7 Å². The molecule has 0 radical (unpaired) electrons. The third-order valence-electron chi connectivity index (χ3n) is 2.54. The second kappa shape index (κ2) is 5.32. The predicted molar refractivity (Wildman–Crippen MR) is 62.8 cm³/mol. The summed E-state index contributed by atoms with van der Waals surface area (Å²) in [5.74, 6) is -0.539. The first-order valence-electron chi connectivity index (χ1n) is 5.85. The van der Waals surface area contributed by atoms with Gasteiger partial charge in [-0.25, -0.2) is 4.79 Å². The van der Waals surface area contributed by atoms with E-state index in [2.05, 4.69) is 0 Å². The molecule has 0 saturated carbocycles. The molecule has 1 amide bonds. The molecule has 0 unspecified atom stereocenters. The van der Waals surface area contributed by atoms with Crippen LogP contribution in [-0.2, 0) is 9.53 Å². The van der Waals surface area contributed by atoms with Gasteiger partial charge in [0.1, 0.15) is 11.6 Å². The highest BCUT2D eigenvalue weighted by Crippen LogP contribution is 2.21. The summed E-state index contributed by atoms with van der Waals surface area (Å²) >= 11 is 0. The van der Waals surface area contributed by atoms with Crippen LogP contribution in [0.1, 0.15) is 33.6 Å². The first-order valence-corrected chi connectivity index (χ1v) is 5.85. The number of hydrogen-bond donors (Lipinski definition) is 0. The lowest BCUT2D eigenvalue weighted by Crippen LogP contribution is -2.45. The molecule has 1 atom stereocenters. The topological polar surface area (TPSA) is 89.8 Å². The van der Waals surface area contributed by atoms with Crippen molar-refractivity contribution in [2.45, 2.75) is 45.3 Å². The van der Waals surface area contributed by atoms with Gasteiger partial charge in [0.25, 0.3) is 6.54 Å². The first-order chi connectivity index (χ1) is 8.20. The van der Waals surface area contributed by atoms with Crippen molar-refractivity contribution in [3.63, 3.8) is 0 Å². The lowest BCUT2D eigenvalue weighted by molar-refractivity contribution is -0.467. The zero-order chi connectivity index (χ0) is 13.9. The molecule has 1 fully saturated rings. The Bertz CT molecular complexity index is 361. The molecule has 1 saturated heterocycles. The van der Waals surface area contributed by atoms with E-state index in [-0.39, 0.29) is 0 Å². The average molecular weight is 258 g/mol. The maximum Gasteiger partial charge on any atom is 0.410 e. The maximum absolute atomic E-state index is 11.8. The number of likely N-dealkylation sites (tertiary alicyclic amines) is 1. The SMILES string of the molecule is CC(C)(C)OC(=O)N1CCC[C@H]1C(=O)C[N+](=O)[O-]. The number of ether oxygens (including phenoxy) is 1. The van der Waals surface area contributed by atoms with E-state index in [1.807, 2.05) is 0 Å². The van der Waals surface area contributed by atoms with E-state index >= 15 is 0 Å². The van der Waals surface area contributed by atoms with Gasteiger partial charge in [-0.2, -0.15) is 0 Å². The van der Waals surface area contributed by atoms with Gasteiger partial charge in [0, 0.05) is 11.5 Å². The Kier molecular flexibility index (Phi) is 4.26. The van der Waals surface area contributed by atoms with E-state index in [1.54, 1.807) is 20.8 Å². The quantitative estimate of drug-likeness (QED) is 0.561. The minimum absolute atomic E-state index is 0.406. The van der Waals surface area contributed by atoms with Gasteiger partial charge in [-0.05, 0) is 33.6 Å². The van der Waals surface area contributed by atoms with Gasteiger partial charge >= 0.3 is 6.09 Å². The Hall–Kier alpha value is -1.66. The summed E-state index contributed by atoms with van der Waals surface area (Å²) in [6, 6.07) is -0.717. The van der Waals surface area contributed by atoms with Gasteiger partial charge in [0.2, 0.25) is 5.78 Å². The molecule has 0 aromatic carbocycles. The van der Waals surface area contributed by atoms with Gasteiger partial charge in [-0.15, -0.1) is 0 Å². The van der Waals surface area contributed by atoms with Gasteiger partial charge < -0.3 is 4.74 Å². The molecule has 1 aliphatic heterocycles. The summed E-state index contributed by atoms with van der Waals surface area (Å²) in [5, 5.41) is 10.3. The number of Topliss-reactive ketones (excluding diaryl/α,β-unsaturated/α-hetero) is 1. The molecule has 0 aliphatic carbocycles. The molecule has 1 heterocycles. The number of rotatable bonds is 3. The maximum atomic E-state index is 11.8. The Labute approximate surface area is 105 Å². The largest absolute Gasteiger partial charge is 0.444 e. The Morgan fingerprint density at radius 3 is 2.56 bits per heavy atom. The summed E-state index contributed by atoms with van der Waals surface area (Å²) < 4.78 is 5.17. The lowest BCUT2D eigenvalue weighted by Gasteiger charge is -2.27. The third-order valence-corrected chi connectivity index (χ3v) is 2.54. The molecule has 18 heavy (non-hydrogen) atoms. The van der Waals surface area contributed by atoms with Crippen molar-refractivity contribution in [3.8, 4) is 0 Å². The Morgan fingerprint density at radius 2 is 2.06 bits per heavy atom. The van der Waals surface area contributed by atoms with E-state index in [4.69, 9.17) is 4.74 Å². The number of carbonyl (C=O) groups excluding carboxylic acids is 2. The third kappa shape index (κ3) is 3.97. The van der Waals surface area contributed by atoms with Gasteiger partial charge in [-0.3, -0.25) is 19.8 Å². The summed E-state index contributed by atoms with van der Waals surface area (Å²) in [7, 11) is 0. The molecule has 7 heteroatoms. The van der Waals surface area contributed by atoms with E-state index in [1.165, 1.54) is 4.90 Å². The smallest absolute Gasteiger partial charge is 0.410 e. The molecule has 102 valence electrons. The zero-order valence-electron chi connectivity index (χ0n) is 10.8. The minimum Gasteiger partial charge on any atom is -0.444 e. The van der Waals surface area contributed by atoms with E-state index < -0.39 is 35.0 Å². The summed E-state index contributed by atoms with van der Waals surface area (Å²) in [5.41, 5.74) is -0.642. The number of amides is 1. The van der Waals surface area contributed by atoms with Crippen molar-refractivity contribution in [1.82, 2.24) is 4.90 Å². The molecular formula is C11H18N2O5. The zero-order valence-corrected chi connectivity index (χ0v) is 10.8. The summed E-state index contributed by atoms with van der Waals surface area (Å²) in [4.78, 5) is 34.4. The number of nitrogens with zero attached hydrogens (tertiary/aromatic N) is 2. The highest BCUT2D eigenvalue weighted by atomic mass is 16.6. The Morgan fingerprint density at radius 1 is 1.44 bits per heavy atom. The van der Waals surface area contributed by atoms with Crippen LogP contribution < -0.4 is 0 Å². The molecule has 0 spiro atoms. The van der Waals surface area contributed by atoms with E-state index in [0.29, 0.717) is 19.4 Å². The highest BCUT2D eigenvalue weighted by Gasteiger charge is 2.37. The molecule has 0 N–H and O–H groups in total. The fourth-order valence-electron chi connectivity index (χ4n) is 1.87. The Balaban J connectivity index is 2.67. The summed E-state index contributed by atoms with van der Waals surface area (Å²) in [6.07, 6.45) is 0.543. The van der Waals surface area contributed by atoms with Crippen LogP contribution in [0.4, 0.5) is 4.79 Å². The van der Waals surface area contributed by atoms with E-state index in [0.717, 1.165) is 0 Å². The van der Waals surface area contributed by atoms with Crippen molar-refractivity contribution in [3.05, 3.63) is 10.1 Å². The lowest BCUT2D eigenvalue weighted by atomic mass is 10.1. The van der Waals surface area contributed by atoms with Crippen LogP contribution in [0.15, 0.2) is 0 Å². The van der Waals surface area contributed by atoms with Crippen molar-refractivity contribution in [2.24, 2.45) is 0 Å². The van der Waals surface area contributed by atoms with Gasteiger partial charge in [-0.1, -0.05) is 0 Å². The van der Waals surface area contributed by atoms with Crippen LogP contribution in [0.2, 0.25) is 0 Å². The van der Waals surface area contributed by atoms with Crippen LogP contribution in [0.3, 0.4) is 0 Å². The molecule has 1 aliphatic rings. The van der Waals surface area contributed by atoms with Crippen molar-refractivity contribution in [1.29, 1.82) is 0 Å². The highest BCUT2D eigenvalue weighted by molar-refractivity contribution is 5.88. The average Bonchev–Trinajstić information content (AvgIpc) is 2.61. The van der Waals surface area contributed by atoms with Crippen molar-refractivity contribution in [2.75, 3.05) is 13.1 Å². The second-order valence-electron chi connectivity index (χ2n) is 5.29. The minimum atomic E-state index is -0.746. The summed E-state index contributed by atoms with van der Waals surface area (Å²) in [6.45, 7) is 4.85. The van der Waals surface area contributed by atoms with Crippen LogP contribution >= 0.6 is 0 Å². The van der Waals surface area contributed by atoms with Crippen LogP contribution in [0.25, 0.3) is 0 Å². The fraction of sp³-hybridized carbons (Fsp3) is 0.818. The first kappa shape index (κ1) is 14.4.